The van der Waals surface area contributed by atoms with Crippen LogP contribution in [0, 0.1) is 0 Å². The molecule has 0 bridgehead atoms. The standard InChI is InChI=1S/C17H14O5/c18-11-17(22-12-19,14-9-5-2-6-10-14)16(21)15(20)13-7-3-1-4-8-13/h1-12,15,20H. The molecule has 0 aliphatic heterocycles. The Kier molecular flexibility index (Phi) is 4.80. The predicted octanol–water partition coefficient (Wildman–Crippen LogP) is 1.56. The van der Waals surface area contributed by atoms with Crippen LogP contribution in [-0.2, 0) is 24.7 Å². The number of hydrogen-bond donors (Lipinski definition) is 1. The Bertz CT molecular complexity index is 653. The average molecular weight is 298 g/mol. The van der Waals surface area contributed by atoms with Crippen molar-refractivity contribution in [2.24, 2.45) is 0 Å². The third-order valence-corrected chi connectivity index (χ3v) is 3.33. The molecule has 0 spiro atoms. The summed E-state index contributed by atoms with van der Waals surface area (Å²) in [7, 11) is 0. The summed E-state index contributed by atoms with van der Waals surface area (Å²) in [6.45, 7) is 0.0248. The van der Waals surface area contributed by atoms with Crippen molar-refractivity contribution in [3.63, 3.8) is 0 Å². The summed E-state index contributed by atoms with van der Waals surface area (Å²) in [5.74, 6) is -0.924. The molecule has 22 heavy (non-hydrogen) atoms. The van der Waals surface area contributed by atoms with Gasteiger partial charge >= 0.3 is 0 Å². The molecule has 2 rings (SSSR count). The number of benzene rings is 2. The summed E-state index contributed by atoms with van der Waals surface area (Å²) in [5.41, 5.74) is -1.68. The van der Waals surface area contributed by atoms with E-state index in [-0.39, 0.29) is 18.3 Å². The predicted molar refractivity (Wildman–Crippen MR) is 77.7 cm³/mol. The number of ketones is 1. The fourth-order valence-electron chi connectivity index (χ4n) is 2.17. The molecule has 2 unspecified atom stereocenters. The third-order valence-electron chi connectivity index (χ3n) is 3.33. The second-order valence-electron chi connectivity index (χ2n) is 4.61. The number of aliphatic hydroxyl groups is 1. The molecule has 0 aliphatic rings. The summed E-state index contributed by atoms with van der Waals surface area (Å²) < 4.78 is 4.81. The zero-order chi connectivity index (χ0) is 16.0. The van der Waals surface area contributed by atoms with Gasteiger partial charge in [0, 0.05) is 5.56 Å². The highest BCUT2D eigenvalue weighted by Gasteiger charge is 2.46. The number of rotatable bonds is 7. The number of aldehydes is 1. The van der Waals surface area contributed by atoms with Gasteiger partial charge in [0.15, 0.2) is 6.29 Å². The van der Waals surface area contributed by atoms with Gasteiger partial charge < -0.3 is 9.84 Å². The van der Waals surface area contributed by atoms with Crippen molar-refractivity contribution in [2.45, 2.75) is 11.7 Å². The molecule has 1 N–H and O–H groups in total. The van der Waals surface area contributed by atoms with Crippen LogP contribution in [0.15, 0.2) is 60.7 Å². The highest BCUT2D eigenvalue weighted by Crippen LogP contribution is 2.30. The molecule has 0 fully saturated rings. The molecular formula is C17H14O5. The van der Waals surface area contributed by atoms with Crippen molar-refractivity contribution in [3.05, 3.63) is 71.8 Å². The maximum Gasteiger partial charge on any atom is 0.294 e. The van der Waals surface area contributed by atoms with Gasteiger partial charge in [0.05, 0.1) is 0 Å². The summed E-state index contributed by atoms with van der Waals surface area (Å²) in [6, 6.07) is 16.0. The van der Waals surface area contributed by atoms with E-state index in [4.69, 9.17) is 4.74 Å². The van der Waals surface area contributed by atoms with E-state index in [2.05, 4.69) is 0 Å². The summed E-state index contributed by atoms with van der Waals surface area (Å²) in [5, 5.41) is 10.2. The van der Waals surface area contributed by atoms with Gasteiger partial charge in [0.2, 0.25) is 5.78 Å². The Morgan fingerprint density at radius 3 is 2.05 bits per heavy atom. The summed E-state index contributed by atoms with van der Waals surface area (Å²) in [4.78, 5) is 35.0. The summed E-state index contributed by atoms with van der Waals surface area (Å²) in [6.07, 6.45) is -1.36. The maximum absolute atomic E-state index is 12.6. The van der Waals surface area contributed by atoms with Crippen molar-refractivity contribution in [1.29, 1.82) is 0 Å². The maximum atomic E-state index is 12.6. The lowest BCUT2D eigenvalue weighted by Gasteiger charge is -2.27. The van der Waals surface area contributed by atoms with Crippen LogP contribution >= 0.6 is 0 Å². The Morgan fingerprint density at radius 1 is 1.00 bits per heavy atom. The van der Waals surface area contributed by atoms with Gasteiger partial charge in [-0.2, -0.15) is 0 Å². The van der Waals surface area contributed by atoms with E-state index in [1.165, 1.54) is 12.1 Å². The van der Waals surface area contributed by atoms with Crippen LogP contribution in [0.4, 0.5) is 0 Å². The molecule has 112 valence electrons. The Labute approximate surface area is 127 Å². The first-order chi connectivity index (χ1) is 10.7. The molecule has 5 heteroatoms. The molecule has 0 radical (unpaired) electrons. The SMILES string of the molecule is O=COC(C=O)(C(=O)C(O)c1ccccc1)c1ccccc1. The highest BCUT2D eigenvalue weighted by atomic mass is 16.5. The third kappa shape index (κ3) is 2.80. The Hall–Kier alpha value is -2.79. The monoisotopic (exact) mass is 298 g/mol. The largest absolute Gasteiger partial charge is 0.440 e. The second kappa shape index (κ2) is 6.78. The number of carbonyl (C=O) groups is 3. The van der Waals surface area contributed by atoms with Crippen molar-refractivity contribution < 1.29 is 24.2 Å². The first-order valence-corrected chi connectivity index (χ1v) is 6.56. The molecule has 0 saturated heterocycles. The van der Waals surface area contributed by atoms with Crippen LogP contribution in [0.25, 0.3) is 0 Å². The van der Waals surface area contributed by atoms with Crippen molar-refractivity contribution in [3.8, 4) is 0 Å². The lowest BCUT2D eigenvalue weighted by atomic mass is 9.86. The Balaban J connectivity index is 2.47. The molecule has 2 aromatic rings. The normalized spacial score (nSPS) is 14.4. The molecular weight excluding hydrogens is 284 g/mol. The first-order valence-electron chi connectivity index (χ1n) is 6.56. The molecule has 2 atom stereocenters. The van der Waals surface area contributed by atoms with E-state index < -0.39 is 17.5 Å². The number of Topliss-reactive ketones (excluding diaryl/α,β-unsaturated/α-hetero) is 1. The minimum absolute atomic E-state index is 0.0248. The van der Waals surface area contributed by atoms with Gasteiger partial charge in [-0.25, -0.2) is 0 Å². The fourth-order valence-corrected chi connectivity index (χ4v) is 2.17. The van der Waals surface area contributed by atoms with Crippen LogP contribution in [0.5, 0.6) is 0 Å². The van der Waals surface area contributed by atoms with Crippen LogP contribution in [-0.4, -0.2) is 23.6 Å². The van der Waals surface area contributed by atoms with E-state index in [0.717, 1.165) is 0 Å². The van der Waals surface area contributed by atoms with Crippen molar-refractivity contribution in [2.75, 3.05) is 0 Å². The topological polar surface area (TPSA) is 80.7 Å². The van der Waals surface area contributed by atoms with E-state index in [0.29, 0.717) is 5.56 Å². The van der Waals surface area contributed by atoms with Gasteiger partial charge in [-0.15, -0.1) is 0 Å². The van der Waals surface area contributed by atoms with Crippen molar-refractivity contribution in [1.82, 2.24) is 0 Å². The van der Waals surface area contributed by atoms with Crippen LogP contribution in [0.2, 0.25) is 0 Å². The van der Waals surface area contributed by atoms with Crippen LogP contribution in [0.3, 0.4) is 0 Å². The minimum Gasteiger partial charge on any atom is -0.440 e. The second-order valence-corrected chi connectivity index (χ2v) is 4.61. The van der Waals surface area contributed by atoms with Gasteiger partial charge in [0.25, 0.3) is 12.1 Å². The van der Waals surface area contributed by atoms with Crippen LogP contribution in [0.1, 0.15) is 17.2 Å². The van der Waals surface area contributed by atoms with Gasteiger partial charge in [-0.1, -0.05) is 60.7 Å². The lowest BCUT2D eigenvalue weighted by molar-refractivity contribution is -0.165. The van der Waals surface area contributed by atoms with Crippen LogP contribution < -0.4 is 0 Å². The first kappa shape index (κ1) is 15.6. The molecule has 0 heterocycles. The van der Waals surface area contributed by atoms with E-state index in [9.17, 15) is 19.5 Å². The molecule has 2 aromatic carbocycles. The highest BCUT2D eigenvalue weighted by molar-refractivity contribution is 6.05. The van der Waals surface area contributed by atoms with E-state index in [1.807, 2.05) is 0 Å². The average Bonchev–Trinajstić information content (AvgIpc) is 2.60. The quantitative estimate of drug-likeness (QED) is 0.619. The number of carbonyl (C=O) groups excluding carboxylic acids is 3. The molecule has 0 aliphatic carbocycles. The molecule has 0 aromatic heterocycles. The number of hydrogen-bond acceptors (Lipinski definition) is 5. The molecule has 0 amide bonds. The summed E-state index contributed by atoms with van der Waals surface area (Å²) >= 11 is 0. The minimum atomic E-state index is -2.17. The number of ether oxygens (including phenoxy) is 1. The van der Waals surface area contributed by atoms with Gasteiger partial charge in [-0.3, -0.25) is 14.4 Å². The number of aliphatic hydroxyl groups excluding tert-OH is 1. The zero-order valence-electron chi connectivity index (χ0n) is 11.6. The molecule has 5 nitrogen and oxygen atoms in total. The molecule has 0 saturated carbocycles. The van der Waals surface area contributed by atoms with E-state index >= 15 is 0 Å². The zero-order valence-corrected chi connectivity index (χ0v) is 11.6. The van der Waals surface area contributed by atoms with Gasteiger partial charge in [-0.05, 0) is 5.56 Å². The van der Waals surface area contributed by atoms with E-state index in [1.54, 1.807) is 48.5 Å². The lowest BCUT2D eigenvalue weighted by Crippen LogP contribution is -2.43. The fraction of sp³-hybridized carbons (Fsp3) is 0.118. The van der Waals surface area contributed by atoms with Gasteiger partial charge in [0.1, 0.15) is 6.10 Å². The van der Waals surface area contributed by atoms with Crippen molar-refractivity contribution >= 4 is 18.5 Å². The smallest absolute Gasteiger partial charge is 0.294 e. The Morgan fingerprint density at radius 2 is 1.55 bits per heavy atom.